The molecule has 9 heteroatoms. The number of rotatable bonds is 8. The molecule has 5 nitrogen and oxygen atoms in total. The molecular formula is C30H35F3N4OS. The van der Waals surface area contributed by atoms with E-state index in [0.29, 0.717) is 36.7 Å². The van der Waals surface area contributed by atoms with Crippen LogP contribution >= 0.6 is 11.8 Å². The van der Waals surface area contributed by atoms with Crippen molar-refractivity contribution in [2.24, 2.45) is 5.92 Å². The summed E-state index contributed by atoms with van der Waals surface area (Å²) in [5.41, 5.74) is 1.12. The first-order valence-electron chi connectivity index (χ1n) is 13.5. The average Bonchev–Trinajstić information content (AvgIpc) is 2.93. The first-order chi connectivity index (χ1) is 18.6. The molecule has 39 heavy (non-hydrogen) atoms. The smallest absolute Gasteiger partial charge is 0.356 e. The molecule has 1 aliphatic heterocycles. The molecule has 1 aliphatic rings. The summed E-state index contributed by atoms with van der Waals surface area (Å²) < 4.78 is 42.7. The highest BCUT2D eigenvalue weighted by molar-refractivity contribution is 7.99. The lowest BCUT2D eigenvalue weighted by molar-refractivity contribution is -0.139. The predicted molar refractivity (Wildman–Crippen MR) is 150 cm³/mol. The molecule has 1 fully saturated rings. The number of hydrogen-bond donors (Lipinski definition) is 0. The van der Waals surface area contributed by atoms with E-state index in [1.807, 2.05) is 61.8 Å². The molecule has 1 saturated heterocycles. The molecule has 1 atom stereocenters. The van der Waals surface area contributed by atoms with Gasteiger partial charge >= 0.3 is 6.18 Å². The van der Waals surface area contributed by atoms with Crippen LogP contribution in [0.4, 0.5) is 19.0 Å². The van der Waals surface area contributed by atoms with E-state index >= 15 is 0 Å². The molecular weight excluding hydrogens is 521 g/mol. The van der Waals surface area contributed by atoms with Crippen LogP contribution in [0.5, 0.6) is 0 Å². The van der Waals surface area contributed by atoms with Crippen LogP contribution in [0.1, 0.15) is 57.6 Å². The molecule has 4 rings (SSSR count). The number of hydrogen-bond acceptors (Lipinski definition) is 5. The first kappa shape index (κ1) is 28.9. The van der Waals surface area contributed by atoms with Crippen LogP contribution in [0.3, 0.4) is 0 Å². The maximum Gasteiger partial charge on any atom is 0.417 e. The van der Waals surface area contributed by atoms with Gasteiger partial charge in [-0.1, -0.05) is 49.9 Å². The van der Waals surface area contributed by atoms with E-state index in [4.69, 9.17) is 0 Å². The largest absolute Gasteiger partial charge is 0.417 e. The third kappa shape index (κ3) is 6.75. The van der Waals surface area contributed by atoms with Gasteiger partial charge in [-0.25, -0.2) is 9.97 Å². The van der Waals surface area contributed by atoms with E-state index in [9.17, 15) is 18.0 Å². The Labute approximate surface area is 232 Å². The fraction of sp³-hybridized carbons (Fsp3) is 0.433. The molecule has 3 aromatic rings. The van der Waals surface area contributed by atoms with E-state index in [-0.39, 0.29) is 22.6 Å². The summed E-state index contributed by atoms with van der Waals surface area (Å²) in [7, 11) is 0. The van der Waals surface area contributed by atoms with Crippen LogP contribution < -0.4 is 4.90 Å². The summed E-state index contributed by atoms with van der Waals surface area (Å²) in [5.74, 6) is 0.827. The maximum absolute atomic E-state index is 14.2. The lowest BCUT2D eigenvalue weighted by atomic mass is 9.96. The molecule has 2 aromatic carbocycles. The SMILES string of the molecule is CCN(CC)C(=O)C1CCCN(c2cc(-c3ccc(Sc4ccccc4C(C)C)c(C(F)(F)F)c3)ncn2)C1. The van der Waals surface area contributed by atoms with E-state index in [1.54, 1.807) is 12.1 Å². The molecule has 0 spiro atoms. The minimum absolute atomic E-state index is 0.126. The molecule has 0 N–H and O–H groups in total. The van der Waals surface area contributed by atoms with Crippen molar-refractivity contribution in [2.75, 3.05) is 31.1 Å². The van der Waals surface area contributed by atoms with Crippen molar-refractivity contribution in [3.05, 3.63) is 66.0 Å². The van der Waals surface area contributed by atoms with Gasteiger partial charge in [0.25, 0.3) is 0 Å². The van der Waals surface area contributed by atoms with Gasteiger partial charge in [-0.2, -0.15) is 13.2 Å². The zero-order valence-corrected chi connectivity index (χ0v) is 23.6. The Morgan fingerprint density at radius 1 is 1.08 bits per heavy atom. The molecule has 0 bridgehead atoms. The monoisotopic (exact) mass is 556 g/mol. The number of alkyl halides is 3. The van der Waals surface area contributed by atoms with Crippen molar-refractivity contribution in [3.8, 4) is 11.3 Å². The summed E-state index contributed by atoms with van der Waals surface area (Å²) in [6, 6.07) is 13.7. The van der Waals surface area contributed by atoms with Gasteiger partial charge in [0.2, 0.25) is 5.91 Å². The Morgan fingerprint density at radius 2 is 1.82 bits per heavy atom. The first-order valence-corrected chi connectivity index (χ1v) is 14.3. The fourth-order valence-electron chi connectivity index (χ4n) is 5.03. The quantitative estimate of drug-likeness (QED) is 0.287. The standard InChI is InChI=1S/C30H35F3N4OS/c1-5-36(6-2)29(38)22-10-9-15-37(18-22)28-17-25(34-19-35-28)21-13-14-27(24(16-21)30(31,32)33)39-26-12-8-7-11-23(26)20(3)4/h7-8,11-14,16-17,19-20,22H,5-6,9-10,15,18H2,1-4H3. The lowest BCUT2D eigenvalue weighted by Gasteiger charge is -2.35. The maximum atomic E-state index is 14.2. The molecule has 1 amide bonds. The lowest BCUT2D eigenvalue weighted by Crippen LogP contribution is -2.45. The summed E-state index contributed by atoms with van der Waals surface area (Å²) in [6.07, 6.45) is -1.47. The average molecular weight is 557 g/mol. The number of aromatic nitrogens is 2. The fourth-order valence-corrected chi connectivity index (χ4v) is 6.25. The van der Waals surface area contributed by atoms with E-state index < -0.39 is 11.7 Å². The number of carbonyl (C=O) groups excluding carboxylic acids is 1. The second kappa shape index (κ2) is 12.4. The number of piperidine rings is 1. The number of amides is 1. The van der Waals surface area contributed by atoms with Gasteiger partial charge in [-0.3, -0.25) is 4.79 Å². The molecule has 0 aliphatic carbocycles. The second-order valence-electron chi connectivity index (χ2n) is 10.1. The van der Waals surface area contributed by atoms with E-state index in [2.05, 4.69) is 9.97 Å². The Bertz CT molecular complexity index is 1290. The van der Waals surface area contributed by atoms with Gasteiger partial charge in [0.1, 0.15) is 12.1 Å². The Kier molecular flexibility index (Phi) is 9.20. The summed E-state index contributed by atoms with van der Waals surface area (Å²) in [5, 5.41) is 0. The van der Waals surface area contributed by atoms with E-state index in [0.717, 1.165) is 41.6 Å². The van der Waals surface area contributed by atoms with Gasteiger partial charge in [0, 0.05) is 47.6 Å². The molecule has 1 aromatic heterocycles. The van der Waals surface area contributed by atoms with Crippen molar-refractivity contribution in [2.45, 2.75) is 62.4 Å². The number of halogens is 3. The summed E-state index contributed by atoms with van der Waals surface area (Å²) in [4.78, 5) is 26.5. The number of benzene rings is 2. The van der Waals surface area contributed by atoms with Crippen molar-refractivity contribution in [3.63, 3.8) is 0 Å². The molecule has 2 heterocycles. The van der Waals surface area contributed by atoms with Gasteiger partial charge in [-0.15, -0.1) is 0 Å². The van der Waals surface area contributed by atoms with Crippen LogP contribution in [0, 0.1) is 5.92 Å². The van der Waals surface area contributed by atoms with Crippen LogP contribution in [-0.4, -0.2) is 47.0 Å². The zero-order valence-electron chi connectivity index (χ0n) is 22.8. The number of carbonyl (C=O) groups is 1. The minimum Gasteiger partial charge on any atom is -0.356 e. The third-order valence-corrected chi connectivity index (χ3v) is 8.33. The second-order valence-corrected chi connectivity index (χ2v) is 11.1. The van der Waals surface area contributed by atoms with Gasteiger partial charge in [0.15, 0.2) is 0 Å². The highest BCUT2D eigenvalue weighted by Gasteiger charge is 2.35. The van der Waals surface area contributed by atoms with E-state index in [1.165, 1.54) is 18.5 Å². The van der Waals surface area contributed by atoms with Crippen molar-refractivity contribution in [1.82, 2.24) is 14.9 Å². The summed E-state index contributed by atoms with van der Waals surface area (Å²) in [6.45, 7) is 10.6. The predicted octanol–water partition coefficient (Wildman–Crippen LogP) is 7.52. The third-order valence-electron chi connectivity index (χ3n) is 7.16. The Balaban J connectivity index is 1.62. The Hall–Kier alpha value is -3.07. The van der Waals surface area contributed by atoms with Crippen LogP contribution in [-0.2, 0) is 11.0 Å². The van der Waals surface area contributed by atoms with Crippen LogP contribution in [0.15, 0.2) is 64.6 Å². The minimum atomic E-state index is -4.52. The van der Waals surface area contributed by atoms with Crippen molar-refractivity contribution < 1.29 is 18.0 Å². The van der Waals surface area contributed by atoms with Crippen molar-refractivity contribution in [1.29, 1.82) is 0 Å². The van der Waals surface area contributed by atoms with Gasteiger partial charge < -0.3 is 9.80 Å². The van der Waals surface area contributed by atoms with Gasteiger partial charge in [-0.05, 0) is 56.4 Å². The van der Waals surface area contributed by atoms with Crippen LogP contribution in [0.25, 0.3) is 11.3 Å². The molecule has 0 radical (unpaired) electrons. The van der Waals surface area contributed by atoms with Gasteiger partial charge in [0.05, 0.1) is 17.2 Å². The Morgan fingerprint density at radius 3 is 2.51 bits per heavy atom. The normalized spacial score (nSPS) is 16.0. The zero-order chi connectivity index (χ0) is 28.2. The summed E-state index contributed by atoms with van der Waals surface area (Å²) >= 11 is 1.14. The number of nitrogens with zero attached hydrogens (tertiary/aromatic N) is 4. The molecule has 1 unspecified atom stereocenters. The number of anilines is 1. The topological polar surface area (TPSA) is 49.3 Å². The molecule has 0 saturated carbocycles. The highest BCUT2D eigenvalue weighted by atomic mass is 32.2. The van der Waals surface area contributed by atoms with Crippen LogP contribution in [0.2, 0.25) is 0 Å². The highest BCUT2D eigenvalue weighted by Crippen LogP contribution is 2.43. The van der Waals surface area contributed by atoms with Crippen molar-refractivity contribution >= 4 is 23.5 Å². The molecule has 208 valence electrons.